The van der Waals surface area contributed by atoms with Gasteiger partial charge in [0.15, 0.2) is 0 Å². The van der Waals surface area contributed by atoms with Gasteiger partial charge in [0, 0.05) is 24.5 Å². The lowest BCUT2D eigenvalue weighted by molar-refractivity contribution is -0.157. The number of hydrogen-bond donors (Lipinski definition) is 0. The Morgan fingerprint density at radius 1 is 1.32 bits per heavy atom. The molecular formula is C19H21F2NO4S2. The summed E-state index contributed by atoms with van der Waals surface area (Å²) in [7, 11) is -3.77. The number of carbonyl (C=O) groups is 1. The number of ether oxygens (including phenoxy) is 1. The molecule has 0 unspecified atom stereocenters. The van der Waals surface area contributed by atoms with Gasteiger partial charge in [0.05, 0.1) is 16.9 Å². The topological polar surface area (TPSA) is 63.7 Å². The van der Waals surface area contributed by atoms with E-state index in [0.717, 1.165) is 12.1 Å². The first-order chi connectivity index (χ1) is 13.3. The van der Waals surface area contributed by atoms with E-state index in [1.54, 1.807) is 12.3 Å². The number of hydrogen-bond acceptors (Lipinski definition) is 5. The Morgan fingerprint density at radius 3 is 2.75 bits per heavy atom. The summed E-state index contributed by atoms with van der Waals surface area (Å²) in [5.74, 6) is -2.04. The minimum atomic E-state index is -3.77. The highest BCUT2D eigenvalue weighted by Crippen LogP contribution is 2.38. The van der Waals surface area contributed by atoms with Crippen LogP contribution in [0.2, 0.25) is 0 Å². The number of carbonyl (C=O) groups excluding carboxylic acids is 1. The Balaban J connectivity index is 1.96. The molecule has 0 radical (unpaired) electrons. The van der Waals surface area contributed by atoms with Crippen molar-refractivity contribution in [3.05, 3.63) is 52.2 Å². The molecule has 9 heteroatoms. The van der Waals surface area contributed by atoms with Crippen molar-refractivity contribution in [3.8, 4) is 0 Å². The molecule has 1 aliphatic rings. The SMILES string of the molecule is CCOC(=O)[C@@]1(Cc2ccc(F)cc2F)CCCN(S(=O)(=O)c2ccsc2)C1. The number of benzene rings is 1. The number of esters is 1. The highest BCUT2D eigenvalue weighted by atomic mass is 32.2. The van der Waals surface area contributed by atoms with Gasteiger partial charge in [-0.2, -0.15) is 15.6 Å². The molecule has 28 heavy (non-hydrogen) atoms. The molecule has 0 saturated carbocycles. The summed E-state index contributed by atoms with van der Waals surface area (Å²) in [6, 6.07) is 4.69. The van der Waals surface area contributed by atoms with Crippen molar-refractivity contribution in [2.45, 2.75) is 31.1 Å². The standard InChI is InChI=1S/C19H21F2NO4S2/c1-2-26-18(23)19(11-14-4-5-15(20)10-17(14)21)7-3-8-22(13-19)28(24,25)16-6-9-27-12-16/h4-6,9-10,12H,2-3,7-8,11,13H2,1H3/t19-/m1/s1. The van der Waals surface area contributed by atoms with Gasteiger partial charge in [0.25, 0.3) is 0 Å². The first-order valence-corrected chi connectivity index (χ1v) is 11.3. The monoisotopic (exact) mass is 429 g/mol. The number of nitrogens with zero attached hydrogens (tertiary/aromatic N) is 1. The fraction of sp³-hybridized carbons (Fsp3) is 0.421. The molecule has 0 N–H and O–H groups in total. The number of rotatable bonds is 6. The van der Waals surface area contributed by atoms with Crippen LogP contribution < -0.4 is 0 Å². The maximum Gasteiger partial charge on any atom is 0.313 e. The zero-order valence-electron chi connectivity index (χ0n) is 15.4. The van der Waals surface area contributed by atoms with Crippen LogP contribution in [0.1, 0.15) is 25.3 Å². The van der Waals surface area contributed by atoms with Crippen LogP contribution in [0, 0.1) is 17.0 Å². The van der Waals surface area contributed by atoms with Gasteiger partial charge < -0.3 is 4.74 Å². The van der Waals surface area contributed by atoms with E-state index in [0.29, 0.717) is 12.8 Å². The fourth-order valence-corrected chi connectivity index (χ4v) is 6.12. The van der Waals surface area contributed by atoms with E-state index in [2.05, 4.69) is 0 Å². The molecule has 5 nitrogen and oxygen atoms in total. The largest absolute Gasteiger partial charge is 0.466 e. The van der Waals surface area contributed by atoms with E-state index in [9.17, 15) is 22.0 Å². The lowest BCUT2D eigenvalue weighted by Crippen LogP contribution is -2.51. The highest BCUT2D eigenvalue weighted by molar-refractivity contribution is 7.89. The summed E-state index contributed by atoms with van der Waals surface area (Å²) in [5, 5.41) is 3.21. The minimum absolute atomic E-state index is 0.0619. The molecule has 0 aliphatic carbocycles. The molecule has 1 aliphatic heterocycles. The first-order valence-electron chi connectivity index (χ1n) is 8.92. The molecule has 0 spiro atoms. The molecule has 1 saturated heterocycles. The van der Waals surface area contributed by atoms with Crippen LogP contribution in [0.3, 0.4) is 0 Å². The Kier molecular flexibility index (Phi) is 6.16. The van der Waals surface area contributed by atoms with Crippen LogP contribution in [0.4, 0.5) is 8.78 Å². The lowest BCUT2D eigenvalue weighted by atomic mass is 9.75. The lowest BCUT2D eigenvalue weighted by Gasteiger charge is -2.40. The molecule has 1 aromatic carbocycles. The van der Waals surface area contributed by atoms with Crippen molar-refractivity contribution < 1.29 is 26.7 Å². The van der Waals surface area contributed by atoms with Gasteiger partial charge in [0.2, 0.25) is 10.0 Å². The zero-order valence-corrected chi connectivity index (χ0v) is 17.0. The summed E-state index contributed by atoms with van der Waals surface area (Å²) in [4.78, 5) is 13.0. The van der Waals surface area contributed by atoms with Crippen LogP contribution in [0.5, 0.6) is 0 Å². The fourth-order valence-electron chi connectivity index (χ4n) is 3.54. The van der Waals surface area contributed by atoms with Crippen molar-refractivity contribution in [1.82, 2.24) is 4.31 Å². The summed E-state index contributed by atoms with van der Waals surface area (Å²) in [6.07, 6.45) is 0.733. The third kappa shape index (κ3) is 4.11. The van der Waals surface area contributed by atoms with Gasteiger partial charge in [0.1, 0.15) is 11.6 Å². The number of piperidine rings is 1. The first kappa shape index (κ1) is 20.9. The molecule has 0 bridgehead atoms. The van der Waals surface area contributed by atoms with Gasteiger partial charge in [-0.25, -0.2) is 17.2 Å². The maximum absolute atomic E-state index is 14.3. The molecule has 2 heterocycles. The second-order valence-corrected chi connectivity index (χ2v) is 9.53. The minimum Gasteiger partial charge on any atom is -0.466 e. The van der Waals surface area contributed by atoms with Crippen molar-refractivity contribution in [2.75, 3.05) is 19.7 Å². The van der Waals surface area contributed by atoms with Crippen molar-refractivity contribution in [2.24, 2.45) is 5.41 Å². The average Bonchev–Trinajstić information content (AvgIpc) is 3.20. The molecule has 1 atom stereocenters. The number of thiophene rings is 1. The number of halogens is 2. The van der Waals surface area contributed by atoms with Gasteiger partial charge in [-0.05, 0) is 49.3 Å². The van der Waals surface area contributed by atoms with Crippen LogP contribution in [0.15, 0.2) is 39.9 Å². The Hall–Kier alpha value is -1.84. The number of sulfonamides is 1. The van der Waals surface area contributed by atoms with Gasteiger partial charge in [-0.1, -0.05) is 6.07 Å². The average molecular weight is 430 g/mol. The maximum atomic E-state index is 14.3. The van der Waals surface area contributed by atoms with E-state index in [4.69, 9.17) is 4.74 Å². The predicted molar refractivity (Wildman–Crippen MR) is 101 cm³/mol. The summed E-state index contributed by atoms with van der Waals surface area (Å²) in [6.45, 7) is 1.95. The van der Waals surface area contributed by atoms with Crippen molar-refractivity contribution in [1.29, 1.82) is 0 Å². The third-order valence-electron chi connectivity index (χ3n) is 4.93. The Labute approximate surface area is 167 Å². The molecule has 2 aromatic rings. The quantitative estimate of drug-likeness (QED) is 0.658. The normalized spacial score (nSPS) is 20.8. The second-order valence-electron chi connectivity index (χ2n) is 6.81. The van der Waals surface area contributed by atoms with Crippen LogP contribution in [-0.2, 0) is 26.0 Å². The summed E-state index contributed by atoms with van der Waals surface area (Å²) >= 11 is 1.27. The van der Waals surface area contributed by atoms with E-state index in [1.165, 1.54) is 33.2 Å². The molecule has 152 valence electrons. The van der Waals surface area contributed by atoms with E-state index < -0.39 is 33.0 Å². The molecule has 1 aromatic heterocycles. The Bertz CT molecular complexity index is 947. The second kappa shape index (κ2) is 8.26. The van der Waals surface area contributed by atoms with Crippen molar-refractivity contribution >= 4 is 27.3 Å². The van der Waals surface area contributed by atoms with Crippen LogP contribution >= 0.6 is 11.3 Å². The summed E-state index contributed by atoms with van der Waals surface area (Å²) < 4.78 is 59.9. The molecule has 3 rings (SSSR count). The van der Waals surface area contributed by atoms with Crippen molar-refractivity contribution in [3.63, 3.8) is 0 Å². The van der Waals surface area contributed by atoms with Crippen LogP contribution in [-0.4, -0.2) is 38.4 Å². The van der Waals surface area contributed by atoms with Gasteiger partial charge in [-0.3, -0.25) is 4.79 Å². The van der Waals surface area contributed by atoms with E-state index in [1.807, 2.05) is 0 Å². The molecular weight excluding hydrogens is 408 g/mol. The smallest absolute Gasteiger partial charge is 0.313 e. The zero-order chi connectivity index (χ0) is 20.4. The van der Waals surface area contributed by atoms with Gasteiger partial charge in [-0.15, -0.1) is 0 Å². The van der Waals surface area contributed by atoms with E-state index >= 15 is 0 Å². The van der Waals surface area contributed by atoms with E-state index in [-0.39, 0.29) is 36.6 Å². The third-order valence-corrected chi connectivity index (χ3v) is 7.60. The molecule has 1 fully saturated rings. The Morgan fingerprint density at radius 2 is 2.11 bits per heavy atom. The predicted octanol–water partition coefficient (Wildman–Crippen LogP) is 3.60. The van der Waals surface area contributed by atoms with Crippen LogP contribution in [0.25, 0.3) is 0 Å². The highest BCUT2D eigenvalue weighted by Gasteiger charge is 2.47. The molecule has 0 amide bonds. The van der Waals surface area contributed by atoms with Gasteiger partial charge >= 0.3 is 5.97 Å². The summed E-state index contributed by atoms with van der Waals surface area (Å²) in [5.41, 5.74) is -1.07.